The van der Waals surface area contributed by atoms with Gasteiger partial charge >= 0.3 is 39.5 Å². The van der Waals surface area contributed by atoms with Crippen LogP contribution in [-0.2, 0) is 65.4 Å². The van der Waals surface area contributed by atoms with Crippen LogP contribution in [-0.4, -0.2) is 96.7 Å². The first kappa shape index (κ1) is 98.1. The summed E-state index contributed by atoms with van der Waals surface area (Å²) < 4.78 is 68.7. The SMILES string of the molecule is CCCCCCCCCCCCCCCCCCCC(=O)OC[C@H](COP(=O)(O)OC[C@@H](O)COP(=O)(O)OC[C@@H](COC(=O)CCCCCCCCCC(C)C)OC(=O)CCCCCCCCCCCCCC)OC(=O)CCCCCCCCCCCCCCCCCCCCC(C)C. The van der Waals surface area contributed by atoms with Crippen molar-refractivity contribution in [2.45, 2.75) is 445 Å². The third kappa shape index (κ3) is 74.3. The van der Waals surface area contributed by atoms with Crippen molar-refractivity contribution in [1.29, 1.82) is 0 Å². The Hall–Kier alpha value is -1.94. The fourth-order valence-electron chi connectivity index (χ4n) is 12.5. The summed E-state index contributed by atoms with van der Waals surface area (Å²) in [5, 5.41) is 10.6. The normalized spacial score (nSPS) is 13.9. The summed E-state index contributed by atoms with van der Waals surface area (Å²) in [5.74, 6) is -0.583. The van der Waals surface area contributed by atoms with Gasteiger partial charge < -0.3 is 33.8 Å². The number of hydrogen-bond acceptors (Lipinski definition) is 15. The van der Waals surface area contributed by atoms with Crippen LogP contribution in [0.4, 0.5) is 0 Å². The molecule has 0 saturated heterocycles. The molecule has 0 aliphatic rings. The molecule has 0 aliphatic carbocycles. The van der Waals surface area contributed by atoms with Gasteiger partial charge in [0.05, 0.1) is 26.4 Å². The van der Waals surface area contributed by atoms with Crippen LogP contribution in [0.15, 0.2) is 0 Å². The highest BCUT2D eigenvalue weighted by Crippen LogP contribution is 2.45. The van der Waals surface area contributed by atoms with E-state index in [1.54, 1.807) is 0 Å². The highest BCUT2D eigenvalue weighted by molar-refractivity contribution is 7.47. The summed E-state index contributed by atoms with van der Waals surface area (Å²) in [4.78, 5) is 73.0. The van der Waals surface area contributed by atoms with E-state index in [1.807, 2.05) is 0 Å². The molecule has 3 N–H and O–H groups in total. The van der Waals surface area contributed by atoms with Gasteiger partial charge in [-0.25, -0.2) is 9.13 Å². The third-order valence-corrected chi connectivity index (χ3v) is 20.9. The number of hydrogen-bond donors (Lipinski definition) is 3. The molecule has 0 saturated carbocycles. The smallest absolute Gasteiger partial charge is 0.462 e. The number of ether oxygens (including phenoxy) is 4. The summed E-state index contributed by atoms with van der Waals surface area (Å²) in [6, 6.07) is 0. The first-order chi connectivity index (χ1) is 48.4. The van der Waals surface area contributed by atoms with Gasteiger partial charge in [0, 0.05) is 25.7 Å². The van der Waals surface area contributed by atoms with Crippen LogP contribution >= 0.6 is 15.6 Å². The molecule has 0 bridgehead atoms. The number of aliphatic hydroxyl groups excluding tert-OH is 1. The molecule has 0 aliphatic heterocycles. The largest absolute Gasteiger partial charge is 0.472 e. The molecular weight excluding hydrogens is 1310 g/mol. The number of carbonyl (C=O) groups is 4. The van der Waals surface area contributed by atoms with Crippen LogP contribution in [0, 0.1) is 11.8 Å². The monoisotopic (exact) mass is 1470 g/mol. The molecule has 2 unspecified atom stereocenters. The maximum absolute atomic E-state index is 13.1. The minimum absolute atomic E-state index is 0.107. The number of unbranched alkanes of at least 4 members (excludes halogenated alkanes) is 50. The van der Waals surface area contributed by atoms with Crippen LogP contribution in [0.2, 0.25) is 0 Å². The van der Waals surface area contributed by atoms with Crippen molar-refractivity contribution < 1.29 is 80.2 Å². The Bertz CT molecular complexity index is 1920. The molecule has 19 heteroatoms. The van der Waals surface area contributed by atoms with Gasteiger partial charge in [0.25, 0.3) is 0 Å². The van der Waals surface area contributed by atoms with E-state index in [2.05, 4.69) is 41.5 Å². The van der Waals surface area contributed by atoms with E-state index in [0.717, 1.165) is 102 Å². The number of esters is 4. The molecule has 0 rings (SSSR count). The van der Waals surface area contributed by atoms with Gasteiger partial charge in [-0.3, -0.25) is 37.3 Å². The number of carbonyl (C=O) groups excluding carboxylic acids is 4. The number of aliphatic hydroxyl groups is 1. The lowest BCUT2D eigenvalue weighted by molar-refractivity contribution is -0.161. The Morgan fingerprint density at radius 3 is 0.680 bits per heavy atom. The first-order valence-corrected chi connectivity index (χ1v) is 45.0. The molecule has 0 aromatic heterocycles. The zero-order chi connectivity index (χ0) is 73.5. The van der Waals surface area contributed by atoms with Crippen molar-refractivity contribution in [3.8, 4) is 0 Å². The van der Waals surface area contributed by atoms with Gasteiger partial charge in [-0.2, -0.15) is 0 Å². The summed E-state index contributed by atoms with van der Waals surface area (Å²) in [6.45, 7) is 9.61. The van der Waals surface area contributed by atoms with E-state index in [0.29, 0.717) is 31.6 Å². The van der Waals surface area contributed by atoms with Gasteiger partial charge in [0.1, 0.15) is 19.3 Å². The third-order valence-electron chi connectivity index (χ3n) is 19.0. The lowest BCUT2D eigenvalue weighted by atomic mass is 10.0. The minimum atomic E-state index is -4.96. The lowest BCUT2D eigenvalue weighted by Gasteiger charge is -2.21. The van der Waals surface area contributed by atoms with E-state index in [9.17, 15) is 43.2 Å². The highest BCUT2D eigenvalue weighted by Gasteiger charge is 2.30. The summed E-state index contributed by atoms with van der Waals surface area (Å²) in [7, 11) is -9.92. The topological polar surface area (TPSA) is 237 Å². The molecule has 0 amide bonds. The van der Waals surface area contributed by atoms with Gasteiger partial charge in [0.2, 0.25) is 0 Å². The van der Waals surface area contributed by atoms with Crippen molar-refractivity contribution in [2.75, 3.05) is 39.6 Å². The quantitative estimate of drug-likeness (QED) is 0.0222. The second kappa shape index (κ2) is 72.6. The molecular formula is C81H158O17P2. The molecule has 100 heavy (non-hydrogen) atoms. The van der Waals surface area contributed by atoms with E-state index < -0.39 is 97.5 Å². The van der Waals surface area contributed by atoms with Gasteiger partial charge in [-0.15, -0.1) is 0 Å². The molecule has 17 nitrogen and oxygen atoms in total. The standard InChI is InChI=1S/C81H158O17P2/c1-7-9-11-13-15-17-19-21-22-25-29-32-36-39-45-51-57-63-78(83)91-69-76(97-81(86)66-60-54-47-41-37-33-30-27-24-23-26-28-31-34-38-43-49-55-61-73(3)4)71-95-99(87,88)93-67-75(82)68-94-100(89,90)96-72-77(70-92-79(84)64-58-52-48-42-44-50-56-62-74(5)6)98-80(85)65-59-53-46-40-35-20-18-16-14-12-10-8-2/h73-77,82H,7-72H2,1-6H3,(H,87,88)(H,89,90)/t75-,76-,77-/m1/s1. The average Bonchev–Trinajstić information content (AvgIpc) is 0.965. The molecule has 0 heterocycles. The summed E-state index contributed by atoms with van der Waals surface area (Å²) in [5.41, 5.74) is 0. The molecule has 0 aromatic carbocycles. The van der Waals surface area contributed by atoms with Crippen molar-refractivity contribution >= 4 is 39.5 Å². The molecule has 0 aromatic rings. The predicted molar refractivity (Wildman–Crippen MR) is 409 cm³/mol. The van der Waals surface area contributed by atoms with Crippen LogP contribution in [0.5, 0.6) is 0 Å². The molecule has 0 spiro atoms. The number of phosphoric acid groups is 2. The maximum Gasteiger partial charge on any atom is 0.472 e. The van der Waals surface area contributed by atoms with Crippen molar-refractivity contribution in [2.24, 2.45) is 11.8 Å². The fraction of sp³-hybridized carbons (Fsp3) is 0.951. The predicted octanol–water partition coefficient (Wildman–Crippen LogP) is 24.3. The van der Waals surface area contributed by atoms with Crippen molar-refractivity contribution in [3.05, 3.63) is 0 Å². The second-order valence-corrected chi connectivity index (χ2v) is 33.0. The lowest BCUT2D eigenvalue weighted by Crippen LogP contribution is -2.30. The zero-order valence-electron chi connectivity index (χ0n) is 65.5. The molecule has 0 radical (unpaired) electrons. The molecule has 0 fully saturated rings. The number of rotatable bonds is 80. The summed E-state index contributed by atoms with van der Waals surface area (Å²) in [6.07, 6.45) is 62.6. The van der Waals surface area contributed by atoms with E-state index in [-0.39, 0.29) is 25.7 Å². The van der Waals surface area contributed by atoms with E-state index >= 15 is 0 Å². The van der Waals surface area contributed by atoms with Crippen LogP contribution < -0.4 is 0 Å². The first-order valence-electron chi connectivity index (χ1n) is 42.0. The Labute approximate surface area is 613 Å². The van der Waals surface area contributed by atoms with E-state index in [1.165, 1.54) is 238 Å². The maximum atomic E-state index is 13.1. The molecule has 594 valence electrons. The van der Waals surface area contributed by atoms with E-state index in [4.69, 9.17) is 37.0 Å². The van der Waals surface area contributed by atoms with Gasteiger partial charge in [0.15, 0.2) is 12.2 Å². The summed E-state index contributed by atoms with van der Waals surface area (Å²) >= 11 is 0. The minimum Gasteiger partial charge on any atom is -0.462 e. The van der Waals surface area contributed by atoms with Crippen molar-refractivity contribution in [3.63, 3.8) is 0 Å². The van der Waals surface area contributed by atoms with Crippen LogP contribution in [0.3, 0.4) is 0 Å². The second-order valence-electron chi connectivity index (χ2n) is 30.1. The van der Waals surface area contributed by atoms with Gasteiger partial charge in [-0.05, 0) is 37.5 Å². The van der Waals surface area contributed by atoms with Gasteiger partial charge in [-0.1, -0.05) is 375 Å². The van der Waals surface area contributed by atoms with Crippen molar-refractivity contribution in [1.82, 2.24) is 0 Å². The Morgan fingerprint density at radius 2 is 0.460 bits per heavy atom. The average molecular weight is 1470 g/mol. The molecule has 5 atom stereocenters. The van der Waals surface area contributed by atoms with Crippen LogP contribution in [0.25, 0.3) is 0 Å². The zero-order valence-corrected chi connectivity index (χ0v) is 67.3. The van der Waals surface area contributed by atoms with Crippen LogP contribution in [0.1, 0.15) is 427 Å². The fourth-order valence-corrected chi connectivity index (χ4v) is 14.1. The Kier molecular flexibility index (Phi) is 71.2. The number of phosphoric ester groups is 2. The Morgan fingerprint density at radius 1 is 0.270 bits per heavy atom. The highest BCUT2D eigenvalue weighted by atomic mass is 31.2. The Balaban J connectivity index is 5.21.